The standard InChI is InChI=1S/C27H19N3O/c28-16-18(17-29)26-21-9-1-2-10-22(21)27(31)23(26)12-7-11-20-19-8-3-4-13-24(19)30-15-6-5-14-25(20)30/h1-4,7-13H,5-6,14-15H2/b11-7+,23-12-. The van der Waals surface area contributed by atoms with Gasteiger partial charge >= 0.3 is 0 Å². The van der Waals surface area contributed by atoms with Crippen molar-refractivity contribution in [2.24, 2.45) is 0 Å². The van der Waals surface area contributed by atoms with Crippen molar-refractivity contribution >= 4 is 28.3 Å². The molecule has 31 heavy (non-hydrogen) atoms. The number of ketones is 1. The number of carbonyl (C=O) groups excluding carboxylic acids is 1. The van der Waals surface area contributed by atoms with Gasteiger partial charge in [-0.25, -0.2) is 0 Å². The van der Waals surface area contributed by atoms with Crippen molar-refractivity contribution in [1.82, 2.24) is 4.57 Å². The van der Waals surface area contributed by atoms with Crippen molar-refractivity contribution in [1.29, 1.82) is 10.5 Å². The van der Waals surface area contributed by atoms with Gasteiger partial charge in [-0.05, 0) is 30.9 Å². The Morgan fingerprint density at radius 2 is 1.71 bits per heavy atom. The lowest BCUT2D eigenvalue weighted by Crippen LogP contribution is -2.09. The lowest BCUT2D eigenvalue weighted by molar-refractivity contribution is 0.104. The van der Waals surface area contributed by atoms with Gasteiger partial charge < -0.3 is 4.57 Å². The number of nitriles is 2. The van der Waals surface area contributed by atoms with E-state index >= 15 is 0 Å². The highest BCUT2D eigenvalue weighted by Crippen LogP contribution is 2.39. The Labute approximate surface area is 180 Å². The molecule has 5 rings (SSSR count). The van der Waals surface area contributed by atoms with Gasteiger partial charge in [0.25, 0.3) is 0 Å². The first-order chi connectivity index (χ1) is 15.2. The summed E-state index contributed by atoms with van der Waals surface area (Å²) in [5.74, 6) is -0.151. The van der Waals surface area contributed by atoms with Crippen molar-refractivity contribution < 1.29 is 4.79 Å². The number of nitrogens with zero attached hydrogens (tertiary/aromatic N) is 3. The van der Waals surface area contributed by atoms with Gasteiger partial charge in [0.05, 0.1) is 0 Å². The van der Waals surface area contributed by atoms with Crippen LogP contribution in [-0.4, -0.2) is 10.4 Å². The molecule has 2 heterocycles. The average Bonchev–Trinajstić information content (AvgIpc) is 3.28. The molecule has 0 radical (unpaired) electrons. The fraction of sp³-hybridized carbons (Fsp3) is 0.148. The van der Waals surface area contributed by atoms with Crippen LogP contribution in [0.3, 0.4) is 0 Å². The predicted octanol–water partition coefficient (Wildman–Crippen LogP) is 5.61. The normalized spacial score (nSPS) is 16.4. The Bertz CT molecular complexity index is 1400. The summed E-state index contributed by atoms with van der Waals surface area (Å²) < 4.78 is 2.40. The molecule has 0 N–H and O–H groups in total. The van der Waals surface area contributed by atoms with E-state index < -0.39 is 0 Å². The maximum atomic E-state index is 13.0. The highest BCUT2D eigenvalue weighted by molar-refractivity contribution is 6.27. The highest BCUT2D eigenvalue weighted by atomic mass is 16.1. The molecule has 4 heteroatoms. The summed E-state index contributed by atoms with van der Waals surface area (Å²) in [6, 6.07) is 19.5. The molecule has 1 aliphatic carbocycles. The van der Waals surface area contributed by atoms with Crippen LogP contribution in [0.15, 0.2) is 71.8 Å². The minimum absolute atomic E-state index is 0.0374. The molecule has 1 aromatic heterocycles. The number of aryl methyl sites for hydroxylation is 1. The van der Waals surface area contributed by atoms with Crippen LogP contribution in [0.1, 0.15) is 40.0 Å². The molecule has 4 nitrogen and oxygen atoms in total. The minimum Gasteiger partial charge on any atom is -0.344 e. The summed E-state index contributed by atoms with van der Waals surface area (Å²) >= 11 is 0. The van der Waals surface area contributed by atoms with Crippen LogP contribution < -0.4 is 0 Å². The van der Waals surface area contributed by atoms with Crippen molar-refractivity contribution in [3.63, 3.8) is 0 Å². The van der Waals surface area contributed by atoms with Crippen molar-refractivity contribution in [2.75, 3.05) is 0 Å². The Morgan fingerprint density at radius 1 is 0.968 bits per heavy atom. The van der Waals surface area contributed by atoms with Gasteiger partial charge in [-0.2, -0.15) is 10.5 Å². The number of fused-ring (bicyclic) bond motifs is 4. The molecule has 2 aromatic carbocycles. The molecular formula is C27H19N3O. The summed E-state index contributed by atoms with van der Waals surface area (Å²) in [4.78, 5) is 13.0. The topological polar surface area (TPSA) is 69.6 Å². The lowest BCUT2D eigenvalue weighted by atomic mass is 9.99. The Balaban J connectivity index is 1.63. The molecule has 0 bridgehead atoms. The number of hydrogen-bond acceptors (Lipinski definition) is 3. The van der Waals surface area contributed by atoms with E-state index in [-0.39, 0.29) is 11.4 Å². The number of aromatic nitrogens is 1. The van der Waals surface area contributed by atoms with E-state index in [1.54, 1.807) is 24.3 Å². The smallest absolute Gasteiger partial charge is 0.194 e. The van der Waals surface area contributed by atoms with Crippen LogP contribution in [0.2, 0.25) is 0 Å². The fourth-order valence-corrected chi connectivity index (χ4v) is 4.76. The molecule has 3 aromatic rings. The first kappa shape index (κ1) is 18.9. The molecule has 2 aliphatic rings. The lowest BCUT2D eigenvalue weighted by Gasteiger charge is -2.16. The van der Waals surface area contributed by atoms with Gasteiger partial charge in [-0.15, -0.1) is 0 Å². The molecular weight excluding hydrogens is 382 g/mol. The number of Topliss-reactive ketones (excluding diaryl/α,β-unsaturated/α-hetero) is 1. The number of para-hydroxylation sites is 1. The number of benzene rings is 2. The van der Waals surface area contributed by atoms with E-state index in [1.807, 2.05) is 30.3 Å². The molecule has 0 amide bonds. The third-order valence-electron chi connectivity index (χ3n) is 6.12. The second-order valence-electron chi connectivity index (χ2n) is 7.77. The number of hydrogen-bond donors (Lipinski definition) is 0. The summed E-state index contributed by atoms with van der Waals surface area (Å²) in [5.41, 5.74) is 5.72. The van der Waals surface area contributed by atoms with E-state index in [9.17, 15) is 15.3 Å². The minimum atomic E-state index is -0.151. The van der Waals surface area contributed by atoms with Crippen LogP contribution in [0, 0.1) is 22.7 Å². The molecule has 0 spiro atoms. The maximum absolute atomic E-state index is 13.0. The second-order valence-corrected chi connectivity index (χ2v) is 7.77. The molecule has 0 saturated heterocycles. The van der Waals surface area contributed by atoms with Crippen molar-refractivity contribution in [3.8, 4) is 12.1 Å². The summed E-state index contributed by atoms with van der Waals surface area (Å²) in [5, 5.41) is 20.1. The zero-order chi connectivity index (χ0) is 21.4. The fourth-order valence-electron chi connectivity index (χ4n) is 4.76. The predicted molar refractivity (Wildman–Crippen MR) is 121 cm³/mol. The summed E-state index contributed by atoms with van der Waals surface area (Å²) in [6.45, 7) is 1.03. The van der Waals surface area contributed by atoms with Crippen LogP contribution in [-0.2, 0) is 13.0 Å². The van der Waals surface area contributed by atoms with Crippen molar-refractivity contribution in [3.05, 3.63) is 94.2 Å². The first-order valence-corrected chi connectivity index (χ1v) is 10.4. The largest absolute Gasteiger partial charge is 0.344 e. The van der Waals surface area contributed by atoms with Crippen molar-refractivity contribution in [2.45, 2.75) is 25.8 Å². The van der Waals surface area contributed by atoms with Crippen LogP contribution in [0.25, 0.3) is 22.6 Å². The molecule has 0 fully saturated rings. The first-order valence-electron chi connectivity index (χ1n) is 10.4. The Hall–Kier alpha value is -4.15. The Kier molecular flexibility index (Phi) is 4.62. The zero-order valence-electron chi connectivity index (χ0n) is 16.9. The SMILES string of the molecule is N#CC(C#N)=C1/C(=C/C=C/c2c3n(c4ccccc24)CCCC3)C(=O)c2ccccc21. The van der Waals surface area contributed by atoms with Gasteiger partial charge in [-0.3, -0.25) is 4.79 Å². The van der Waals surface area contributed by atoms with Crippen LogP contribution in [0.5, 0.6) is 0 Å². The highest BCUT2D eigenvalue weighted by Gasteiger charge is 2.31. The van der Waals surface area contributed by atoms with E-state index in [0.717, 1.165) is 13.0 Å². The number of rotatable bonds is 2. The van der Waals surface area contributed by atoms with Crippen LogP contribution >= 0.6 is 0 Å². The molecule has 0 saturated carbocycles. The quantitative estimate of drug-likeness (QED) is 0.414. The van der Waals surface area contributed by atoms with E-state index in [2.05, 4.69) is 28.8 Å². The van der Waals surface area contributed by atoms with E-state index in [1.165, 1.54) is 35.0 Å². The number of carbonyl (C=O) groups is 1. The van der Waals surface area contributed by atoms with Gasteiger partial charge in [0.1, 0.15) is 17.7 Å². The van der Waals surface area contributed by atoms with Gasteiger partial charge in [0, 0.05) is 45.4 Å². The second kappa shape index (κ2) is 7.59. The van der Waals surface area contributed by atoms with E-state index in [0.29, 0.717) is 22.3 Å². The Morgan fingerprint density at radius 3 is 2.52 bits per heavy atom. The molecule has 148 valence electrons. The van der Waals surface area contributed by atoms with E-state index in [4.69, 9.17) is 0 Å². The third-order valence-corrected chi connectivity index (χ3v) is 6.12. The van der Waals surface area contributed by atoms with Crippen LogP contribution in [0.4, 0.5) is 0 Å². The van der Waals surface area contributed by atoms with Gasteiger partial charge in [0.15, 0.2) is 5.78 Å². The molecule has 0 atom stereocenters. The monoisotopic (exact) mass is 401 g/mol. The van der Waals surface area contributed by atoms with Gasteiger partial charge in [0.2, 0.25) is 0 Å². The maximum Gasteiger partial charge on any atom is 0.194 e. The van der Waals surface area contributed by atoms with Gasteiger partial charge in [-0.1, -0.05) is 60.7 Å². The number of allylic oxidation sites excluding steroid dienone is 5. The molecule has 0 unspecified atom stereocenters. The summed E-state index contributed by atoms with van der Waals surface area (Å²) in [7, 11) is 0. The average molecular weight is 401 g/mol. The molecule has 1 aliphatic heterocycles. The zero-order valence-corrected chi connectivity index (χ0v) is 16.9. The third kappa shape index (κ3) is 2.93. The summed E-state index contributed by atoms with van der Waals surface area (Å²) in [6.07, 6.45) is 9.07.